The quantitative estimate of drug-likeness (QED) is 0.245. The van der Waals surface area contributed by atoms with Gasteiger partial charge in [-0.2, -0.15) is 22.0 Å². The van der Waals surface area contributed by atoms with E-state index in [1.807, 2.05) is 27.9 Å². The van der Waals surface area contributed by atoms with Crippen molar-refractivity contribution in [1.29, 1.82) is 0 Å². The molecule has 0 aromatic heterocycles. The first-order chi connectivity index (χ1) is 19.6. The minimum atomic E-state index is -5.76. The van der Waals surface area contributed by atoms with Gasteiger partial charge in [-0.1, -0.05) is 51.0 Å². The molecule has 9 heteroatoms. The van der Waals surface area contributed by atoms with Crippen LogP contribution in [0.3, 0.4) is 0 Å². The number of rotatable bonds is 10. The standard InChI is InChI=1S/C33H47F5N2O2/c1-7-29-27-12-9-23-17-24(41)10-13-26(23)30(27)28(18-31(29,3)20-42-33(37,38)32(34,35)36)25-11-8-22(16-21(25)2)19-40(6)15-14-39(4)5/h8,11,16-17,21,25,27-29H,7,9-10,12-15,18-20H2,1-6H3. The first kappa shape index (κ1) is 33.1. The van der Waals surface area contributed by atoms with E-state index < -0.39 is 24.3 Å². The van der Waals surface area contributed by atoms with Gasteiger partial charge in [0.2, 0.25) is 0 Å². The van der Waals surface area contributed by atoms with Crippen molar-refractivity contribution in [3.05, 3.63) is 46.6 Å². The van der Waals surface area contributed by atoms with Crippen molar-refractivity contribution in [2.24, 2.45) is 35.0 Å². The van der Waals surface area contributed by atoms with Crippen LogP contribution < -0.4 is 0 Å². The van der Waals surface area contributed by atoms with E-state index in [-0.39, 0.29) is 35.4 Å². The first-order valence-corrected chi connectivity index (χ1v) is 15.3. The van der Waals surface area contributed by atoms with Crippen LogP contribution in [-0.2, 0) is 9.53 Å². The zero-order valence-corrected chi connectivity index (χ0v) is 25.9. The Balaban J connectivity index is 1.67. The summed E-state index contributed by atoms with van der Waals surface area (Å²) in [6.07, 6.45) is 1.26. The van der Waals surface area contributed by atoms with Crippen molar-refractivity contribution in [3.8, 4) is 0 Å². The Labute approximate surface area is 247 Å². The summed E-state index contributed by atoms with van der Waals surface area (Å²) in [6, 6.07) is 0. The third-order valence-electron chi connectivity index (χ3n) is 10.1. The number of fused-ring (bicyclic) bond motifs is 2. The number of alkyl halides is 5. The van der Waals surface area contributed by atoms with Crippen LogP contribution in [0, 0.1) is 35.0 Å². The van der Waals surface area contributed by atoms with Gasteiger partial charge in [0, 0.05) is 26.1 Å². The van der Waals surface area contributed by atoms with E-state index in [2.05, 4.69) is 46.7 Å². The van der Waals surface area contributed by atoms with Gasteiger partial charge in [-0.3, -0.25) is 4.79 Å². The Morgan fingerprint density at radius 1 is 1.05 bits per heavy atom. The lowest BCUT2D eigenvalue weighted by atomic mass is 9.50. The molecule has 0 amide bonds. The zero-order chi connectivity index (χ0) is 31.0. The Hall–Kier alpha value is -1.84. The van der Waals surface area contributed by atoms with E-state index in [9.17, 15) is 26.7 Å². The lowest BCUT2D eigenvalue weighted by Gasteiger charge is -2.55. The number of allylic oxidation sites excluding steroid dienone is 6. The summed E-state index contributed by atoms with van der Waals surface area (Å²) < 4.78 is 71.7. The molecule has 0 radical (unpaired) electrons. The summed E-state index contributed by atoms with van der Waals surface area (Å²) in [6.45, 7) is 8.06. The van der Waals surface area contributed by atoms with Crippen LogP contribution >= 0.6 is 0 Å². The highest BCUT2D eigenvalue weighted by atomic mass is 19.4. The molecule has 42 heavy (non-hydrogen) atoms. The second kappa shape index (κ2) is 12.6. The van der Waals surface area contributed by atoms with E-state index in [1.165, 1.54) is 16.7 Å². The molecule has 4 rings (SSSR count). The number of likely N-dealkylation sites (N-methyl/N-ethyl adjacent to an activating group) is 2. The van der Waals surface area contributed by atoms with E-state index >= 15 is 0 Å². The largest absolute Gasteiger partial charge is 0.482 e. The number of hydrogen-bond donors (Lipinski definition) is 0. The SMILES string of the molecule is CCC1C2CCC3=CC(=O)CCC3=C2C(C2C=CC(CN(C)CCN(C)C)=CC2C)CC1(C)COC(F)(F)C(F)(F)F. The van der Waals surface area contributed by atoms with Crippen molar-refractivity contribution in [1.82, 2.24) is 9.80 Å². The molecule has 0 heterocycles. The van der Waals surface area contributed by atoms with Gasteiger partial charge in [0.15, 0.2) is 5.78 Å². The molecule has 0 saturated heterocycles. The van der Waals surface area contributed by atoms with Crippen LogP contribution in [0.2, 0.25) is 0 Å². The lowest BCUT2D eigenvalue weighted by molar-refractivity contribution is -0.397. The summed E-state index contributed by atoms with van der Waals surface area (Å²) in [5, 5.41) is 0. The molecular formula is C33H47F5N2O2. The summed E-state index contributed by atoms with van der Waals surface area (Å²) in [5.41, 5.74) is 4.00. The third kappa shape index (κ3) is 6.94. The summed E-state index contributed by atoms with van der Waals surface area (Å²) >= 11 is 0. The number of halogens is 5. The Morgan fingerprint density at radius 3 is 2.38 bits per heavy atom. The van der Waals surface area contributed by atoms with Gasteiger partial charge in [0.1, 0.15) is 0 Å². The number of hydrogen-bond acceptors (Lipinski definition) is 4. The van der Waals surface area contributed by atoms with Gasteiger partial charge in [-0.05, 0) is 105 Å². The maximum absolute atomic E-state index is 14.0. The molecule has 1 fully saturated rings. The topological polar surface area (TPSA) is 32.8 Å². The van der Waals surface area contributed by atoms with E-state index in [1.54, 1.807) is 6.08 Å². The molecule has 0 aliphatic heterocycles. The molecule has 0 aromatic rings. The van der Waals surface area contributed by atoms with Gasteiger partial charge in [0.25, 0.3) is 0 Å². The molecule has 4 aliphatic carbocycles. The fourth-order valence-electron chi connectivity index (χ4n) is 8.08. The Bertz CT molecular complexity index is 1140. The third-order valence-corrected chi connectivity index (χ3v) is 10.1. The average molecular weight is 599 g/mol. The Kier molecular flexibility index (Phi) is 9.95. The average Bonchev–Trinajstić information content (AvgIpc) is 2.89. The minimum Gasteiger partial charge on any atom is -0.313 e. The molecule has 6 atom stereocenters. The molecule has 0 N–H and O–H groups in total. The van der Waals surface area contributed by atoms with Crippen LogP contribution in [0.15, 0.2) is 46.6 Å². The highest BCUT2D eigenvalue weighted by Gasteiger charge is 2.61. The number of carbonyl (C=O) groups is 1. The second-order valence-electron chi connectivity index (χ2n) is 13.6. The monoisotopic (exact) mass is 598 g/mol. The maximum atomic E-state index is 14.0. The molecule has 0 spiro atoms. The van der Waals surface area contributed by atoms with Crippen molar-refractivity contribution in [2.45, 2.75) is 71.6 Å². The van der Waals surface area contributed by atoms with Gasteiger partial charge < -0.3 is 14.5 Å². The van der Waals surface area contributed by atoms with E-state index in [4.69, 9.17) is 0 Å². The number of carbonyl (C=O) groups excluding carboxylic acids is 1. The zero-order valence-electron chi connectivity index (χ0n) is 25.9. The minimum absolute atomic E-state index is 0.0340. The summed E-state index contributed by atoms with van der Waals surface area (Å²) in [7, 11) is 6.20. The predicted octanol–water partition coefficient (Wildman–Crippen LogP) is 7.45. The van der Waals surface area contributed by atoms with E-state index in [0.29, 0.717) is 25.7 Å². The van der Waals surface area contributed by atoms with Crippen molar-refractivity contribution < 1.29 is 31.5 Å². The fraction of sp³-hybridized carbons (Fsp3) is 0.727. The van der Waals surface area contributed by atoms with Crippen LogP contribution in [0.5, 0.6) is 0 Å². The maximum Gasteiger partial charge on any atom is 0.482 e. The number of ketones is 1. The fourth-order valence-corrected chi connectivity index (χ4v) is 8.08. The lowest BCUT2D eigenvalue weighted by Crippen LogP contribution is -2.50. The van der Waals surface area contributed by atoms with Crippen LogP contribution in [0.25, 0.3) is 0 Å². The van der Waals surface area contributed by atoms with Gasteiger partial charge >= 0.3 is 12.3 Å². The van der Waals surface area contributed by atoms with Gasteiger partial charge in [-0.15, -0.1) is 0 Å². The highest BCUT2D eigenvalue weighted by molar-refractivity contribution is 5.93. The molecular weight excluding hydrogens is 551 g/mol. The van der Waals surface area contributed by atoms with Crippen molar-refractivity contribution in [2.75, 3.05) is 47.4 Å². The number of nitrogens with zero attached hydrogens (tertiary/aromatic N) is 2. The molecule has 1 saturated carbocycles. The Morgan fingerprint density at radius 2 is 1.76 bits per heavy atom. The second-order valence-corrected chi connectivity index (χ2v) is 13.6. The molecule has 0 aromatic carbocycles. The molecule has 0 bridgehead atoms. The van der Waals surface area contributed by atoms with Crippen molar-refractivity contribution in [3.63, 3.8) is 0 Å². The molecule has 4 nitrogen and oxygen atoms in total. The summed E-state index contributed by atoms with van der Waals surface area (Å²) in [5.74, 6) is 0.294. The van der Waals surface area contributed by atoms with Crippen LogP contribution in [0.4, 0.5) is 22.0 Å². The van der Waals surface area contributed by atoms with Gasteiger partial charge in [0.05, 0.1) is 6.61 Å². The van der Waals surface area contributed by atoms with Crippen LogP contribution in [-0.4, -0.2) is 75.3 Å². The van der Waals surface area contributed by atoms with Crippen molar-refractivity contribution >= 4 is 5.78 Å². The molecule has 4 aliphatic rings. The number of ether oxygens (including phenoxy) is 1. The normalized spacial score (nSPS) is 32.2. The van der Waals surface area contributed by atoms with Crippen LogP contribution in [0.1, 0.15) is 59.3 Å². The highest BCUT2D eigenvalue weighted by Crippen LogP contribution is 2.60. The summed E-state index contributed by atoms with van der Waals surface area (Å²) in [4.78, 5) is 16.7. The molecule has 236 valence electrons. The van der Waals surface area contributed by atoms with E-state index in [0.717, 1.165) is 38.0 Å². The first-order valence-electron chi connectivity index (χ1n) is 15.3. The van der Waals surface area contributed by atoms with Gasteiger partial charge in [-0.25, -0.2) is 0 Å². The predicted molar refractivity (Wildman–Crippen MR) is 155 cm³/mol. The smallest absolute Gasteiger partial charge is 0.313 e. The molecule has 6 unspecified atom stereocenters.